The minimum Gasteiger partial charge on any atom is -0.365 e. The lowest BCUT2D eigenvalue weighted by atomic mass is 10.0. The SMILES string of the molecule is CN1CN(Cc2ccncc2)CC2=C1CCN(CC#Cc1ccccc1)C2. The normalized spacial score (nSPS) is 18.0. The highest BCUT2D eigenvalue weighted by atomic mass is 15.3. The molecule has 2 aromatic rings. The van der Waals surface area contributed by atoms with Gasteiger partial charge in [-0.3, -0.25) is 14.8 Å². The van der Waals surface area contributed by atoms with Crippen molar-refractivity contribution in [2.75, 3.05) is 39.9 Å². The predicted octanol–water partition coefficient (Wildman–Crippen LogP) is 2.80. The summed E-state index contributed by atoms with van der Waals surface area (Å²) in [5.74, 6) is 6.63. The van der Waals surface area contributed by atoms with E-state index in [9.17, 15) is 0 Å². The summed E-state index contributed by atoms with van der Waals surface area (Å²) >= 11 is 0. The van der Waals surface area contributed by atoms with Gasteiger partial charge in [0.15, 0.2) is 0 Å². The first-order valence-electron chi connectivity index (χ1n) is 9.57. The first-order chi connectivity index (χ1) is 13.3. The van der Waals surface area contributed by atoms with Gasteiger partial charge in [-0.25, -0.2) is 0 Å². The lowest BCUT2D eigenvalue weighted by molar-refractivity contribution is 0.137. The largest absolute Gasteiger partial charge is 0.365 e. The van der Waals surface area contributed by atoms with Gasteiger partial charge in [-0.15, -0.1) is 0 Å². The standard InChI is InChI=1S/C23H26N4/c1-25-19-27(16-21-9-12-24-13-10-21)18-22-17-26(15-11-23(22)25)14-5-8-20-6-3-2-4-7-20/h2-4,6-7,9-10,12-13H,11,14-19H2,1H3. The molecule has 4 nitrogen and oxygen atoms in total. The molecule has 0 amide bonds. The monoisotopic (exact) mass is 358 g/mol. The maximum absolute atomic E-state index is 4.12. The van der Waals surface area contributed by atoms with Crippen molar-refractivity contribution in [2.24, 2.45) is 0 Å². The van der Waals surface area contributed by atoms with Gasteiger partial charge >= 0.3 is 0 Å². The third kappa shape index (κ3) is 4.57. The van der Waals surface area contributed by atoms with Crippen LogP contribution >= 0.6 is 0 Å². The molecule has 27 heavy (non-hydrogen) atoms. The van der Waals surface area contributed by atoms with E-state index in [1.807, 2.05) is 30.6 Å². The van der Waals surface area contributed by atoms with Crippen LogP contribution in [-0.4, -0.2) is 59.6 Å². The molecule has 3 heterocycles. The molecule has 0 fully saturated rings. The molecule has 0 saturated carbocycles. The number of hydrogen-bond donors (Lipinski definition) is 0. The molecule has 0 unspecified atom stereocenters. The molecule has 4 heteroatoms. The fraction of sp³-hybridized carbons (Fsp3) is 0.348. The number of benzene rings is 1. The number of nitrogens with zero attached hydrogens (tertiary/aromatic N) is 4. The van der Waals surface area contributed by atoms with Crippen LogP contribution in [-0.2, 0) is 6.54 Å². The highest BCUT2D eigenvalue weighted by molar-refractivity contribution is 5.34. The zero-order chi connectivity index (χ0) is 18.5. The Hall–Kier alpha value is -2.61. The maximum Gasteiger partial charge on any atom is 0.0706 e. The van der Waals surface area contributed by atoms with E-state index in [1.165, 1.54) is 11.3 Å². The molecule has 1 aromatic heterocycles. The van der Waals surface area contributed by atoms with E-state index in [4.69, 9.17) is 0 Å². The second kappa shape index (κ2) is 8.39. The highest BCUT2D eigenvalue weighted by Gasteiger charge is 2.27. The first-order valence-corrected chi connectivity index (χ1v) is 9.57. The Morgan fingerprint density at radius 2 is 1.78 bits per heavy atom. The van der Waals surface area contributed by atoms with Crippen molar-refractivity contribution in [3.05, 3.63) is 77.3 Å². The van der Waals surface area contributed by atoms with Crippen LogP contribution in [0.3, 0.4) is 0 Å². The van der Waals surface area contributed by atoms with Gasteiger partial charge < -0.3 is 4.90 Å². The summed E-state index contributed by atoms with van der Waals surface area (Å²) in [4.78, 5) is 11.5. The predicted molar refractivity (Wildman–Crippen MR) is 109 cm³/mol. The van der Waals surface area contributed by atoms with Crippen molar-refractivity contribution in [1.82, 2.24) is 19.7 Å². The van der Waals surface area contributed by atoms with Gasteiger partial charge in [0.1, 0.15) is 0 Å². The van der Waals surface area contributed by atoms with Crippen molar-refractivity contribution in [2.45, 2.75) is 13.0 Å². The molecular formula is C23H26N4. The second-order valence-corrected chi connectivity index (χ2v) is 7.36. The topological polar surface area (TPSA) is 22.6 Å². The van der Waals surface area contributed by atoms with E-state index in [0.717, 1.165) is 51.4 Å². The van der Waals surface area contributed by atoms with Crippen LogP contribution < -0.4 is 0 Å². The Bertz CT molecular complexity index is 848. The smallest absolute Gasteiger partial charge is 0.0706 e. The van der Waals surface area contributed by atoms with Crippen LogP contribution in [0, 0.1) is 11.8 Å². The van der Waals surface area contributed by atoms with E-state index >= 15 is 0 Å². The van der Waals surface area contributed by atoms with Gasteiger partial charge in [-0.1, -0.05) is 30.0 Å². The molecule has 4 rings (SSSR count). The molecule has 0 spiro atoms. The number of pyridine rings is 1. The minimum atomic E-state index is 0.833. The van der Waals surface area contributed by atoms with Gasteiger partial charge in [0.2, 0.25) is 0 Å². The van der Waals surface area contributed by atoms with Gasteiger partial charge in [0.25, 0.3) is 0 Å². The van der Waals surface area contributed by atoms with E-state index in [2.05, 4.69) is 62.8 Å². The molecular weight excluding hydrogens is 332 g/mol. The van der Waals surface area contributed by atoms with Gasteiger partial charge in [-0.2, -0.15) is 0 Å². The van der Waals surface area contributed by atoms with Crippen LogP contribution in [0.25, 0.3) is 0 Å². The van der Waals surface area contributed by atoms with Gasteiger partial charge in [0, 0.05) is 63.3 Å². The molecule has 2 aliphatic rings. The van der Waals surface area contributed by atoms with Crippen LogP contribution in [0.15, 0.2) is 66.1 Å². The van der Waals surface area contributed by atoms with Crippen molar-refractivity contribution < 1.29 is 0 Å². The average Bonchev–Trinajstić information content (AvgIpc) is 2.69. The van der Waals surface area contributed by atoms with Crippen LogP contribution in [0.5, 0.6) is 0 Å². The van der Waals surface area contributed by atoms with Gasteiger partial charge in [0.05, 0.1) is 13.2 Å². The maximum atomic E-state index is 4.12. The van der Waals surface area contributed by atoms with Crippen molar-refractivity contribution in [3.8, 4) is 11.8 Å². The summed E-state index contributed by atoms with van der Waals surface area (Å²) in [5.41, 5.74) is 5.50. The fourth-order valence-electron chi connectivity index (χ4n) is 3.95. The number of rotatable bonds is 3. The molecule has 0 saturated heterocycles. The Morgan fingerprint density at radius 1 is 1.00 bits per heavy atom. The van der Waals surface area contributed by atoms with Crippen molar-refractivity contribution in [3.63, 3.8) is 0 Å². The van der Waals surface area contributed by atoms with E-state index in [0.29, 0.717) is 0 Å². The number of aromatic nitrogens is 1. The third-order valence-corrected chi connectivity index (χ3v) is 5.24. The summed E-state index contributed by atoms with van der Waals surface area (Å²) < 4.78 is 0. The van der Waals surface area contributed by atoms with Crippen LogP contribution in [0.4, 0.5) is 0 Å². The second-order valence-electron chi connectivity index (χ2n) is 7.36. The molecule has 0 atom stereocenters. The van der Waals surface area contributed by atoms with Crippen molar-refractivity contribution in [1.29, 1.82) is 0 Å². The lowest BCUT2D eigenvalue weighted by Gasteiger charge is -2.42. The van der Waals surface area contributed by atoms with Gasteiger partial charge in [-0.05, 0) is 35.4 Å². The van der Waals surface area contributed by atoms with E-state index in [-0.39, 0.29) is 0 Å². The average molecular weight is 358 g/mol. The Labute approximate surface area is 162 Å². The summed E-state index contributed by atoms with van der Waals surface area (Å²) in [6.07, 6.45) is 4.88. The fourth-order valence-corrected chi connectivity index (χ4v) is 3.95. The van der Waals surface area contributed by atoms with Crippen molar-refractivity contribution >= 4 is 0 Å². The quantitative estimate of drug-likeness (QED) is 0.787. The Balaban J connectivity index is 1.38. The lowest BCUT2D eigenvalue weighted by Crippen LogP contribution is -2.47. The molecule has 0 aliphatic carbocycles. The summed E-state index contributed by atoms with van der Waals surface area (Å²) in [6.45, 7) is 5.96. The summed E-state index contributed by atoms with van der Waals surface area (Å²) in [5, 5.41) is 0. The summed E-state index contributed by atoms with van der Waals surface area (Å²) in [6, 6.07) is 14.5. The molecule has 0 radical (unpaired) electrons. The van der Waals surface area contributed by atoms with E-state index < -0.39 is 0 Å². The minimum absolute atomic E-state index is 0.833. The zero-order valence-corrected chi connectivity index (χ0v) is 15.9. The molecule has 0 N–H and O–H groups in total. The zero-order valence-electron chi connectivity index (χ0n) is 15.9. The van der Waals surface area contributed by atoms with E-state index in [1.54, 1.807) is 5.57 Å². The third-order valence-electron chi connectivity index (χ3n) is 5.24. The highest BCUT2D eigenvalue weighted by Crippen LogP contribution is 2.26. The van der Waals surface area contributed by atoms with Crippen LogP contribution in [0.2, 0.25) is 0 Å². The Morgan fingerprint density at radius 3 is 2.59 bits per heavy atom. The number of hydrogen-bond acceptors (Lipinski definition) is 4. The summed E-state index contributed by atoms with van der Waals surface area (Å²) in [7, 11) is 2.22. The molecule has 1 aromatic carbocycles. The first kappa shape index (κ1) is 17.8. The molecule has 0 bridgehead atoms. The molecule has 2 aliphatic heterocycles. The Kier molecular flexibility index (Phi) is 5.53. The van der Waals surface area contributed by atoms with Crippen LogP contribution in [0.1, 0.15) is 17.5 Å². The molecule has 138 valence electrons.